The van der Waals surface area contributed by atoms with Crippen LogP contribution in [0, 0.1) is 0 Å². The highest BCUT2D eigenvalue weighted by atomic mass is 35.5. The molecule has 0 fully saturated rings. The van der Waals surface area contributed by atoms with Crippen molar-refractivity contribution in [1.29, 1.82) is 0 Å². The maximum absolute atomic E-state index is 5.92. The van der Waals surface area contributed by atoms with Crippen molar-refractivity contribution >= 4 is 29.1 Å². The summed E-state index contributed by atoms with van der Waals surface area (Å²) in [6, 6.07) is 15.9. The van der Waals surface area contributed by atoms with E-state index in [0.717, 1.165) is 24.3 Å². The summed E-state index contributed by atoms with van der Waals surface area (Å²) in [6.07, 6.45) is 1.14. The Hall–Kier alpha value is -1.98. The van der Waals surface area contributed by atoms with Crippen LogP contribution in [0.1, 0.15) is 12.3 Å². The molecule has 1 aliphatic rings. The zero-order valence-electron chi connectivity index (χ0n) is 13.0. The molecule has 0 spiro atoms. The second kappa shape index (κ2) is 6.87. The Morgan fingerprint density at radius 2 is 1.96 bits per heavy atom. The molecule has 2 aromatic carbocycles. The molecule has 122 valence electrons. The van der Waals surface area contributed by atoms with Crippen LogP contribution in [0.25, 0.3) is 11.4 Å². The van der Waals surface area contributed by atoms with Crippen molar-refractivity contribution in [1.82, 2.24) is 10.1 Å². The van der Waals surface area contributed by atoms with Crippen molar-refractivity contribution in [3.8, 4) is 11.4 Å². The molecule has 1 aliphatic heterocycles. The second-order valence-corrected chi connectivity index (χ2v) is 7.18. The summed E-state index contributed by atoms with van der Waals surface area (Å²) in [5, 5.41) is 4.80. The monoisotopic (exact) mass is 357 g/mol. The largest absolute Gasteiger partial charge is 0.361 e. The van der Waals surface area contributed by atoms with Gasteiger partial charge >= 0.3 is 0 Å². The predicted octanol–water partition coefficient (Wildman–Crippen LogP) is 4.89. The molecule has 2 heterocycles. The molecule has 0 saturated carbocycles. The molecule has 4 nitrogen and oxygen atoms in total. The van der Waals surface area contributed by atoms with E-state index >= 15 is 0 Å². The van der Waals surface area contributed by atoms with Crippen molar-refractivity contribution in [3.63, 3.8) is 0 Å². The van der Waals surface area contributed by atoms with Gasteiger partial charge in [-0.05, 0) is 48.6 Å². The number of hydrogen-bond donors (Lipinski definition) is 0. The third kappa shape index (κ3) is 3.28. The van der Waals surface area contributed by atoms with Crippen LogP contribution in [-0.4, -0.2) is 22.4 Å². The van der Waals surface area contributed by atoms with E-state index in [0.29, 0.717) is 23.3 Å². The van der Waals surface area contributed by atoms with Crippen LogP contribution < -0.4 is 4.90 Å². The summed E-state index contributed by atoms with van der Waals surface area (Å²) >= 11 is 7.83. The minimum atomic E-state index is 0.596. The number of nitrogens with zero attached hydrogens (tertiary/aromatic N) is 3. The molecule has 0 aliphatic carbocycles. The predicted molar refractivity (Wildman–Crippen MR) is 97.6 cm³/mol. The average molecular weight is 358 g/mol. The van der Waals surface area contributed by atoms with E-state index < -0.39 is 0 Å². The van der Waals surface area contributed by atoms with Crippen molar-refractivity contribution in [2.45, 2.75) is 17.9 Å². The van der Waals surface area contributed by atoms with E-state index in [4.69, 9.17) is 16.1 Å². The van der Waals surface area contributed by atoms with Gasteiger partial charge in [-0.15, -0.1) is 11.8 Å². The Bertz CT molecular complexity index is 834. The van der Waals surface area contributed by atoms with Gasteiger partial charge in [0.15, 0.2) is 0 Å². The van der Waals surface area contributed by atoms with Gasteiger partial charge in [-0.1, -0.05) is 28.9 Å². The third-order valence-electron chi connectivity index (χ3n) is 3.93. The van der Waals surface area contributed by atoms with Gasteiger partial charge in [0.05, 0.1) is 12.2 Å². The minimum absolute atomic E-state index is 0.596. The number of para-hydroxylation sites is 1. The van der Waals surface area contributed by atoms with Gasteiger partial charge in [-0.2, -0.15) is 4.98 Å². The lowest BCUT2D eigenvalue weighted by molar-refractivity contribution is 0.376. The summed E-state index contributed by atoms with van der Waals surface area (Å²) in [4.78, 5) is 8.16. The summed E-state index contributed by atoms with van der Waals surface area (Å²) in [7, 11) is 0. The van der Waals surface area contributed by atoms with Crippen LogP contribution in [0.15, 0.2) is 57.9 Å². The van der Waals surface area contributed by atoms with Gasteiger partial charge in [0.25, 0.3) is 0 Å². The maximum Gasteiger partial charge on any atom is 0.246 e. The summed E-state index contributed by atoms with van der Waals surface area (Å²) < 4.78 is 5.47. The molecule has 1 aromatic heterocycles. The molecule has 0 atom stereocenters. The molecular formula is C18H16ClN3OS. The number of thioether (sulfide) groups is 1. The first-order valence-corrected chi connectivity index (χ1v) is 9.21. The first kappa shape index (κ1) is 15.5. The molecule has 4 rings (SSSR count). The number of fused-ring (bicyclic) bond motifs is 1. The van der Waals surface area contributed by atoms with Gasteiger partial charge in [0.1, 0.15) is 0 Å². The lowest BCUT2D eigenvalue weighted by Crippen LogP contribution is -2.23. The number of hydrogen-bond acceptors (Lipinski definition) is 5. The third-order valence-corrected chi connectivity index (χ3v) is 5.33. The normalized spacial score (nSPS) is 14.3. The molecule has 0 radical (unpaired) electrons. The zero-order valence-corrected chi connectivity index (χ0v) is 14.6. The molecular weight excluding hydrogens is 342 g/mol. The molecule has 24 heavy (non-hydrogen) atoms. The van der Waals surface area contributed by atoms with Crippen LogP contribution in [0.4, 0.5) is 5.69 Å². The Labute approximate surface area is 149 Å². The molecule has 0 bridgehead atoms. The van der Waals surface area contributed by atoms with Crippen LogP contribution >= 0.6 is 23.4 Å². The lowest BCUT2D eigenvalue weighted by Gasteiger charge is -2.22. The zero-order chi connectivity index (χ0) is 16.4. The summed E-state index contributed by atoms with van der Waals surface area (Å²) in [6.45, 7) is 1.61. The van der Waals surface area contributed by atoms with E-state index in [1.807, 2.05) is 36.0 Å². The Balaban J connectivity index is 1.57. The van der Waals surface area contributed by atoms with Crippen LogP contribution in [-0.2, 0) is 6.54 Å². The fourth-order valence-corrected chi connectivity index (χ4v) is 3.90. The standard InChI is InChI=1S/C18H16ClN3OS/c19-14-8-6-13(7-9-14)18-20-17(23-21-18)12-22-10-3-11-24-16-5-2-1-4-15(16)22/h1-2,4-9H,3,10-12H2. The number of anilines is 1. The van der Waals surface area contributed by atoms with Crippen molar-refractivity contribution < 1.29 is 4.52 Å². The average Bonchev–Trinajstić information content (AvgIpc) is 2.97. The number of halogens is 1. The Kier molecular flexibility index (Phi) is 4.45. The Morgan fingerprint density at radius 1 is 1.12 bits per heavy atom. The van der Waals surface area contributed by atoms with E-state index in [9.17, 15) is 0 Å². The minimum Gasteiger partial charge on any atom is -0.361 e. The highest BCUT2D eigenvalue weighted by Gasteiger charge is 2.18. The number of aromatic nitrogens is 2. The van der Waals surface area contributed by atoms with Crippen LogP contribution in [0.3, 0.4) is 0 Å². The van der Waals surface area contributed by atoms with E-state index in [1.54, 1.807) is 0 Å². The first-order chi connectivity index (χ1) is 11.8. The van der Waals surface area contributed by atoms with E-state index in [1.165, 1.54) is 10.6 Å². The fourth-order valence-electron chi connectivity index (χ4n) is 2.76. The lowest BCUT2D eigenvalue weighted by atomic mass is 10.2. The quantitative estimate of drug-likeness (QED) is 0.667. The van der Waals surface area contributed by atoms with Crippen molar-refractivity contribution in [3.05, 3.63) is 59.4 Å². The molecule has 6 heteroatoms. The molecule has 0 unspecified atom stereocenters. The van der Waals surface area contributed by atoms with E-state index in [2.05, 4.69) is 39.3 Å². The summed E-state index contributed by atoms with van der Waals surface area (Å²) in [5.74, 6) is 2.36. The number of benzene rings is 2. The smallest absolute Gasteiger partial charge is 0.246 e. The highest BCUT2D eigenvalue weighted by molar-refractivity contribution is 7.99. The van der Waals surface area contributed by atoms with Gasteiger partial charge in [0.2, 0.25) is 11.7 Å². The van der Waals surface area contributed by atoms with Gasteiger partial charge in [-0.25, -0.2) is 0 Å². The molecule has 0 N–H and O–H groups in total. The van der Waals surface area contributed by atoms with Gasteiger partial charge in [0, 0.05) is 22.0 Å². The topological polar surface area (TPSA) is 42.2 Å². The van der Waals surface area contributed by atoms with E-state index in [-0.39, 0.29) is 0 Å². The second-order valence-electron chi connectivity index (χ2n) is 5.61. The first-order valence-electron chi connectivity index (χ1n) is 7.85. The highest BCUT2D eigenvalue weighted by Crippen LogP contribution is 2.34. The molecule has 3 aromatic rings. The molecule has 0 saturated heterocycles. The van der Waals surface area contributed by atoms with Crippen molar-refractivity contribution in [2.75, 3.05) is 17.2 Å². The van der Waals surface area contributed by atoms with Crippen LogP contribution in [0.2, 0.25) is 5.02 Å². The molecule has 0 amide bonds. The van der Waals surface area contributed by atoms with Gasteiger partial charge in [-0.3, -0.25) is 0 Å². The summed E-state index contributed by atoms with van der Waals surface area (Å²) in [5.41, 5.74) is 2.15. The SMILES string of the molecule is Clc1ccc(-c2noc(CN3CCCSc4ccccc43)n2)cc1. The Morgan fingerprint density at radius 3 is 2.83 bits per heavy atom. The maximum atomic E-state index is 5.92. The van der Waals surface area contributed by atoms with Crippen molar-refractivity contribution in [2.24, 2.45) is 0 Å². The fraction of sp³-hybridized carbons (Fsp3) is 0.222. The van der Waals surface area contributed by atoms with Gasteiger partial charge < -0.3 is 9.42 Å². The number of rotatable bonds is 3. The van der Waals surface area contributed by atoms with Crippen LogP contribution in [0.5, 0.6) is 0 Å².